The number of carbonyl (C=O) groups is 2. The number of halogens is 1. The molecule has 6 nitrogen and oxygen atoms in total. The SMILES string of the molecule is C#C.CC.CCCCCCCCC(CCCCCC)COC(=O)CCCCCN(CCCO)CCCCCC(=O)OCC(CCCCCC)CCCCCCCC.CI. The lowest BCUT2D eigenvalue weighted by atomic mass is 9.95. The summed E-state index contributed by atoms with van der Waals surface area (Å²) < 4.78 is 11.6. The monoisotopic (exact) mass is 950 g/mol. The highest BCUT2D eigenvalue weighted by Crippen LogP contribution is 2.21. The highest BCUT2D eigenvalue weighted by Gasteiger charge is 2.14. The molecule has 0 saturated heterocycles. The molecule has 0 spiro atoms. The third kappa shape index (κ3) is 53.2. The van der Waals surface area contributed by atoms with Crippen LogP contribution in [0.25, 0.3) is 0 Å². The molecule has 2 atom stereocenters. The van der Waals surface area contributed by atoms with Gasteiger partial charge in [0.1, 0.15) is 0 Å². The zero-order valence-corrected chi connectivity index (χ0v) is 42.9. The van der Waals surface area contributed by atoms with Gasteiger partial charge in [0, 0.05) is 26.0 Å². The Morgan fingerprint density at radius 3 is 1.05 bits per heavy atom. The minimum absolute atomic E-state index is 0.0255. The number of hydrogen-bond donors (Lipinski definition) is 1. The van der Waals surface area contributed by atoms with Crippen LogP contribution in [0.1, 0.15) is 253 Å². The predicted octanol–water partition coefficient (Wildman–Crippen LogP) is 15.9. The zero-order chi connectivity index (χ0) is 44.9. The molecule has 59 heavy (non-hydrogen) atoms. The maximum atomic E-state index is 12.6. The van der Waals surface area contributed by atoms with Crippen molar-refractivity contribution < 1.29 is 24.2 Å². The summed E-state index contributed by atoms with van der Waals surface area (Å²) in [5.74, 6) is 0.986. The largest absolute Gasteiger partial charge is 0.465 e. The fraction of sp³-hybridized carbons (Fsp3) is 0.923. The molecule has 0 aromatic heterocycles. The number of terminal acetylenes is 1. The van der Waals surface area contributed by atoms with Crippen LogP contribution in [0.5, 0.6) is 0 Å². The molecule has 0 saturated carbocycles. The van der Waals surface area contributed by atoms with Crippen LogP contribution in [-0.2, 0) is 19.1 Å². The van der Waals surface area contributed by atoms with Crippen LogP contribution >= 0.6 is 22.6 Å². The second kappa shape index (κ2) is 59.2. The normalized spacial score (nSPS) is 11.7. The molecule has 0 fully saturated rings. The maximum absolute atomic E-state index is 12.6. The van der Waals surface area contributed by atoms with E-state index in [9.17, 15) is 14.7 Å². The number of alkyl halides is 1. The first-order valence-electron chi connectivity index (χ1n) is 25.4. The molecular formula is C52H104INO5. The van der Waals surface area contributed by atoms with Gasteiger partial charge in [-0.1, -0.05) is 205 Å². The van der Waals surface area contributed by atoms with E-state index >= 15 is 0 Å². The highest BCUT2D eigenvalue weighted by molar-refractivity contribution is 14.1. The van der Waals surface area contributed by atoms with Gasteiger partial charge in [0.05, 0.1) is 13.2 Å². The zero-order valence-electron chi connectivity index (χ0n) is 40.8. The van der Waals surface area contributed by atoms with Crippen molar-refractivity contribution in [3.8, 4) is 12.8 Å². The molecule has 0 aliphatic heterocycles. The third-order valence-corrected chi connectivity index (χ3v) is 11.2. The molecule has 0 aliphatic carbocycles. The van der Waals surface area contributed by atoms with Gasteiger partial charge in [0.2, 0.25) is 0 Å². The molecule has 0 aromatic carbocycles. The van der Waals surface area contributed by atoms with Crippen molar-refractivity contribution in [1.82, 2.24) is 4.90 Å². The fourth-order valence-electron chi connectivity index (χ4n) is 7.53. The lowest BCUT2D eigenvalue weighted by Crippen LogP contribution is -2.28. The minimum atomic E-state index is -0.0255. The van der Waals surface area contributed by atoms with Crippen molar-refractivity contribution in [2.45, 2.75) is 253 Å². The lowest BCUT2D eigenvalue weighted by molar-refractivity contribution is -0.146. The van der Waals surface area contributed by atoms with Crippen molar-refractivity contribution >= 4 is 34.5 Å². The van der Waals surface area contributed by atoms with Gasteiger partial charge < -0.3 is 19.5 Å². The summed E-state index contributed by atoms with van der Waals surface area (Å²) in [5.41, 5.74) is 0. The average molecular weight is 950 g/mol. The van der Waals surface area contributed by atoms with Crippen LogP contribution in [0.15, 0.2) is 0 Å². The van der Waals surface area contributed by atoms with Crippen molar-refractivity contribution in [3.05, 3.63) is 0 Å². The van der Waals surface area contributed by atoms with Crippen molar-refractivity contribution in [1.29, 1.82) is 0 Å². The molecule has 0 rings (SSSR count). The van der Waals surface area contributed by atoms with Gasteiger partial charge in [-0.05, 0) is 87.6 Å². The maximum Gasteiger partial charge on any atom is 0.305 e. The molecular weight excluding hydrogens is 845 g/mol. The molecule has 7 heteroatoms. The van der Waals surface area contributed by atoms with E-state index in [1.54, 1.807) is 0 Å². The number of aliphatic hydroxyl groups is 1. The van der Waals surface area contributed by atoms with Crippen LogP contribution in [0.4, 0.5) is 0 Å². The Bertz CT molecular complexity index is 751. The summed E-state index contributed by atoms with van der Waals surface area (Å²) in [6.07, 6.45) is 46.5. The van der Waals surface area contributed by atoms with Crippen LogP contribution in [-0.4, -0.2) is 66.3 Å². The van der Waals surface area contributed by atoms with Gasteiger partial charge in [0.15, 0.2) is 0 Å². The van der Waals surface area contributed by atoms with E-state index in [-0.39, 0.29) is 18.5 Å². The smallest absolute Gasteiger partial charge is 0.305 e. The number of unbranched alkanes of at least 4 members (excludes halogenated alkanes) is 20. The van der Waals surface area contributed by atoms with Crippen molar-refractivity contribution in [3.63, 3.8) is 0 Å². The summed E-state index contributed by atoms with van der Waals surface area (Å²) in [4.78, 5) is 29.6. The number of nitrogens with zero attached hydrogens (tertiary/aromatic N) is 1. The van der Waals surface area contributed by atoms with Crippen LogP contribution < -0.4 is 0 Å². The van der Waals surface area contributed by atoms with E-state index in [1.165, 1.54) is 154 Å². The Hall–Kier alpha value is -0.850. The Kier molecular flexibility index (Phi) is 65.0. The summed E-state index contributed by atoms with van der Waals surface area (Å²) in [5, 5.41) is 9.43. The number of rotatable bonds is 43. The number of hydrogen-bond acceptors (Lipinski definition) is 6. The van der Waals surface area contributed by atoms with Crippen molar-refractivity contribution in [2.75, 3.05) is 44.4 Å². The van der Waals surface area contributed by atoms with Gasteiger partial charge in [-0.25, -0.2) is 0 Å². The van der Waals surface area contributed by atoms with Gasteiger partial charge in [-0.2, -0.15) is 0 Å². The first kappa shape index (κ1) is 64.8. The first-order valence-corrected chi connectivity index (χ1v) is 27.5. The lowest BCUT2D eigenvalue weighted by Gasteiger charge is -2.22. The second-order valence-electron chi connectivity index (χ2n) is 16.4. The molecule has 0 aromatic rings. The molecule has 0 aliphatic rings. The number of esters is 2. The highest BCUT2D eigenvalue weighted by atomic mass is 127. The number of ether oxygens (including phenoxy) is 2. The molecule has 2 unspecified atom stereocenters. The predicted molar refractivity (Wildman–Crippen MR) is 269 cm³/mol. The Balaban J connectivity index is -0.00000240. The molecule has 0 amide bonds. The molecule has 0 heterocycles. The quantitative estimate of drug-likeness (QED) is 0.0216. The van der Waals surface area contributed by atoms with Gasteiger partial charge in [-0.15, -0.1) is 12.8 Å². The summed E-state index contributed by atoms with van der Waals surface area (Å²) in [6, 6.07) is 0. The summed E-state index contributed by atoms with van der Waals surface area (Å²) in [6.45, 7) is 17.4. The van der Waals surface area contributed by atoms with E-state index in [0.717, 1.165) is 64.6 Å². The fourth-order valence-corrected chi connectivity index (χ4v) is 7.53. The van der Waals surface area contributed by atoms with E-state index in [0.29, 0.717) is 37.9 Å². The molecule has 1 N–H and O–H groups in total. The molecule has 354 valence electrons. The van der Waals surface area contributed by atoms with Crippen LogP contribution in [0, 0.1) is 24.7 Å². The van der Waals surface area contributed by atoms with E-state index in [4.69, 9.17) is 9.47 Å². The van der Waals surface area contributed by atoms with Gasteiger partial charge in [-0.3, -0.25) is 9.59 Å². The molecule has 0 bridgehead atoms. The minimum Gasteiger partial charge on any atom is -0.465 e. The van der Waals surface area contributed by atoms with Crippen LogP contribution in [0.2, 0.25) is 0 Å². The van der Waals surface area contributed by atoms with E-state index < -0.39 is 0 Å². The summed E-state index contributed by atoms with van der Waals surface area (Å²) in [7, 11) is 0. The summed E-state index contributed by atoms with van der Waals surface area (Å²) >= 11 is 2.15. The second-order valence-corrected chi connectivity index (χ2v) is 16.4. The van der Waals surface area contributed by atoms with E-state index in [2.05, 4.69) is 68.0 Å². The third-order valence-electron chi connectivity index (χ3n) is 11.2. The van der Waals surface area contributed by atoms with Gasteiger partial charge >= 0.3 is 11.9 Å². The van der Waals surface area contributed by atoms with E-state index in [1.807, 2.05) is 18.8 Å². The topological polar surface area (TPSA) is 76.1 Å². The van der Waals surface area contributed by atoms with Crippen molar-refractivity contribution in [2.24, 2.45) is 11.8 Å². The van der Waals surface area contributed by atoms with Gasteiger partial charge in [0.25, 0.3) is 0 Å². The Labute approximate surface area is 384 Å². The molecule has 0 radical (unpaired) electrons. The van der Waals surface area contributed by atoms with Crippen LogP contribution in [0.3, 0.4) is 0 Å². The average Bonchev–Trinajstić information content (AvgIpc) is 3.27. The number of carbonyl (C=O) groups excluding carboxylic acids is 2. The number of aliphatic hydroxyl groups excluding tert-OH is 1. The standard InChI is InChI=1S/C47H93NO5.C2H6.C2H2.CH3I/c1-5-9-13-17-19-25-34-44(32-23-15-11-7-3)42-52-46(50)36-27-21-29-38-48(40-31-41-49)39-30-22-28-37-47(51)53-43-45(33-24-16-12-8-4)35-26-20-18-14-10-6-2;3*1-2/h44-45,49H,5-43H2,1-4H3;1-2H3;1-2H;1H3. The first-order chi connectivity index (χ1) is 29.0. The Morgan fingerprint density at radius 2 is 0.729 bits per heavy atom. The Morgan fingerprint density at radius 1 is 0.458 bits per heavy atom.